The molecule has 1 amide bonds. The van der Waals surface area contributed by atoms with Crippen molar-refractivity contribution in [3.63, 3.8) is 0 Å². The van der Waals surface area contributed by atoms with Crippen LogP contribution < -0.4 is 0 Å². The van der Waals surface area contributed by atoms with Crippen molar-refractivity contribution in [2.45, 2.75) is 95.2 Å². The number of aliphatic carboxylic acids is 1. The first-order valence-corrected chi connectivity index (χ1v) is 9.95. The molecule has 5 nitrogen and oxygen atoms in total. The van der Waals surface area contributed by atoms with Crippen LogP contribution in [0.1, 0.15) is 77.0 Å². The molecule has 0 aromatic carbocycles. The summed E-state index contributed by atoms with van der Waals surface area (Å²) < 4.78 is 0. The largest absolute Gasteiger partial charge is 0.480 e. The van der Waals surface area contributed by atoms with E-state index in [1.165, 1.54) is 38.5 Å². The Bertz CT molecular complexity index is 424. The molecule has 3 fully saturated rings. The van der Waals surface area contributed by atoms with Crippen LogP contribution in [0.4, 0.5) is 0 Å². The summed E-state index contributed by atoms with van der Waals surface area (Å²) in [5, 5.41) is 9.37. The second-order valence-electron chi connectivity index (χ2n) is 7.85. The van der Waals surface area contributed by atoms with E-state index in [-0.39, 0.29) is 5.91 Å². The average molecular weight is 336 g/mol. The van der Waals surface area contributed by atoms with Gasteiger partial charge in [0.25, 0.3) is 0 Å². The molecule has 2 saturated carbocycles. The third-order valence-electron chi connectivity index (χ3n) is 6.21. The molecule has 1 saturated heterocycles. The van der Waals surface area contributed by atoms with Crippen LogP contribution in [-0.4, -0.2) is 58.0 Å². The molecule has 24 heavy (non-hydrogen) atoms. The van der Waals surface area contributed by atoms with Crippen molar-refractivity contribution in [1.29, 1.82) is 0 Å². The minimum absolute atomic E-state index is 0.182. The van der Waals surface area contributed by atoms with Crippen LogP contribution in [-0.2, 0) is 9.59 Å². The van der Waals surface area contributed by atoms with Crippen LogP contribution in [0.15, 0.2) is 0 Å². The maximum atomic E-state index is 13.2. The SMILES string of the molecule is O=C(O)[C@@H]1CCCN1CC(=O)N(C1CCCCC1)C1CCCCC1. The zero-order valence-electron chi connectivity index (χ0n) is 14.8. The molecule has 3 aliphatic rings. The number of rotatable bonds is 5. The van der Waals surface area contributed by atoms with Gasteiger partial charge in [-0.05, 0) is 45.1 Å². The van der Waals surface area contributed by atoms with Crippen molar-refractivity contribution >= 4 is 11.9 Å². The minimum Gasteiger partial charge on any atom is -0.480 e. The van der Waals surface area contributed by atoms with Crippen LogP contribution >= 0.6 is 0 Å². The van der Waals surface area contributed by atoms with E-state index in [1.807, 2.05) is 4.90 Å². The number of carbonyl (C=O) groups is 2. The molecule has 1 aliphatic heterocycles. The first kappa shape index (κ1) is 17.7. The molecule has 0 spiro atoms. The van der Waals surface area contributed by atoms with Crippen LogP contribution in [0.3, 0.4) is 0 Å². The second-order valence-corrected chi connectivity index (χ2v) is 7.85. The Morgan fingerprint density at radius 1 is 0.833 bits per heavy atom. The van der Waals surface area contributed by atoms with Crippen molar-refractivity contribution in [3.8, 4) is 0 Å². The van der Waals surface area contributed by atoms with Crippen LogP contribution in [0.25, 0.3) is 0 Å². The third kappa shape index (κ3) is 4.11. The summed E-state index contributed by atoms with van der Waals surface area (Å²) in [7, 11) is 0. The molecule has 136 valence electrons. The van der Waals surface area contributed by atoms with E-state index in [0.717, 1.165) is 38.6 Å². The lowest BCUT2D eigenvalue weighted by molar-refractivity contribution is -0.145. The fourth-order valence-corrected chi connectivity index (χ4v) is 4.97. The Hall–Kier alpha value is -1.10. The van der Waals surface area contributed by atoms with Crippen molar-refractivity contribution < 1.29 is 14.7 Å². The molecule has 0 aromatic rings. The molecule has 0 radical (unpaired) electrons. The number of carboxylic acid groups (broad SMARTS) is 1. The van der Waals surface area contributed by atoms with E-state index in [9.17, 15) is 14.7 Å². The van der Waals surface area contributed by atoms with Gasteiger partial charge >= 0.3 is 5.97 Å². The zero-order valence-corrected chi connectivity index (χ0v) is 14.8. The van der Waals surface area contributed by atoms with Gasteiger partial charge in [-0.25, -0.2) is 0 Å². The number of hydrogen-bond acceptors (Lipinski definition) is 3. The summed E-state index contributed by atoms with van der Waals surface area (Å²) in [6, 6.07) is 0.314. The highest BCUT2D eigenvalue weighted by atomic mass is 16.4. The summed E-state index contributed by atoms with van der Waals surface area (Å²) >= 11 is 0. The third-order valence-corrected chi connectivity index (χ3v) is 6.21. The van der Waals surface area contributed by atoms with Crippen molar-refractivity contribution in [1.82, 2.24) is 9.80 Å². The Balaban J connectivity index is 1.68. The Labute approximate surface area is 145 Å². The van der Waals surface area contributed by atoms with Crippen LogP contribution in [0.2, 0.25) is 0 Å². The molecule has 1 atom stereocenters. The van der Waals surface area contributed by atoms with E-state index in [0.29, 0.717) is 25.0 Å². The molecule has 3 rings (SSSR count). The first-order valence-electron chi connectivity index (χ1n) is 9.95. The highest BCUT2D eigenvalue weighted by Crippen LogP contribution is 2.31. The van der Waals surface area contributed by atoms with Gasteiger partial charge in [0, 0.05) is 12.1 Å². The van der Waals surface area contributed by atoms with Gasteiger partial charge in [0.15, 0.2) is 0 Å². The van der Waals surface area contributed by atoms with Gasteiger partial charge in [0.1, 0.15) is 6.04 Å². The van der Waals surface area contributed by atoms with E-state index >= 15 is 0 Å². The van der Waals surface area contributed by atoms with Gasteiger partial charge in [0.2, 0.25) is 5.91 Å². The van der Waals surface area contributed by atoms with Crippen molar-refractivity contribution in [3.05, 3.63) is 0 Å². The lowest BCUT2D eigenvalue weighted by Crippen LogP contribution is -2.53. The summed E-state index contributed by atoms with van der Waals surface area (Å²) in [6.07, 6.45) is 13.6. The fraction of sp³-hybridized carbons (Fsp3) is 0.895. The van der Waals surface area contributed by atoms with E-state index in [1.54, 1.807) is 0 Å². The Morgan fingerprint density at radius 2 is 1.38 bits per heavy atom. The van der Waals surface area contributed by atoms with Gasteiger partial charge in [-0.15, -0.1) is 0 Å². The van der Waals surface area contributed by atoms with E-state index in [4.69, 9.17) is 0 Å². The van der Waals surface area contributed by atoms with E-state index < -0.39 is 12.0 Å². The van der Waals surface area contributed by atoms with Gasteiger partial charge in [-0.3, -0.25) is 14.5 Å². The van der Waals surface area contributed by atoms with Gasteiger partial charge in [-0.1, -0.05) is 38.5 Å². The van der Waals surface area contributed by atoms with Gasteiger partial charge < -0.3 is 10.0 Å². The Morgan fingerprint density at radius 3 is 1.88 bits per heavy atom. The first-order chi connectivity index (χ1) is 11.7. The van der Waals surface area contributed by atoms with E-state index in [2.05, 4.69) is 4.90 Å². The molecule has 0 unspecified atom stereocenters. The average Bonchev–Trinajstić information content (AvgIpc) is 3.05. The maximum absolute atomic E-state index is 13.2. The standard InChI is InChI=1S/C19H32N2O3/c22-18(14-20-13-7-12-17(20)19(23)24)21(15-8-3-1-4-9-15)16-10-5-2-6-11-16/h15-17H,1-14H2,(H,23,24)/t17-/m0/s1. The van der Waals surface area contributed by atoms with Crippen LogP contribution in [0.5, 0.6) is 0 Å². The molecule has 1 N–H and O–H groups in total. The monoisotopic (exact) mass is 336 g/mol. The number of nitrogens with zero attached hydrogens (tertiary/aromatic N) is 2. The highest BCUT2D eigenvalue weighted by molar-refractivity contribution is 5.81. The predicted molar refractivity (Wildman–Crippen MR) is 92.8 cm³/mol. The summed E-state index contributed by atoms with van der Waals surface area (Å²) in [6.45, 7) is 1.04. The number of carboxylic acids is 1. The van der Waals surface area contributed by atoms with Gasteiger partial charge in [-0.2, -0.15) is 0 Å². The molecule has 0 bridgehead atoms. The van der Waals surface area contributed by atoms with Gasteiger partial charge in [0.05, 0.1) is 6.54 Å². The lowest BCUT2D eigenvalue weighted by Gasteiger charge is -2.42. The lowest BCUT2D eigenvalue weighted by atomic mass is 9.88. The number of likely N-dealkylation sites (tertiary alicyclic amines) is 1. The normalized spacial score (nSPS) is 27.2. The Kier molecular flexibility index (Phi) is 6.14. The fourth-order valence-electron chi connectivity index (χ4n) is 4.97. The molecular weight excluding hydrogens is 304 g/mol. The summed E-state index contributed by atoms with van der Waals surface area (Å²) in [5.41, 5.74) is 0. The smallest absolute Gasteiger partial charge is 0.320 e. The van der Waals surface area contributed by atoms with Crippen LogP contribution in [0, 0.1) is 0 Å². The quantitative estimate of drug-likeness (QED) is 0.838. The number of amides is 1. The molecule has 1 heterocycles. The zero-order chi connectivity index (χ0) is 16.9. The topological polar surface area (TPSA) is 60.9 Å². The molecule has 2 aliphatic carbocycles. The number of hydrogen-bond donors (Lipinski definition) is 1. The maximum Gasteiger partial charge on any atom is 0.320 e. The number of carbonyl (C=O) groups excluding carboxylic acids is 1. The second kappa shape index (κ2) is 8.32. The molecular formula is C19H32N2O3. The minimum atomic E-state index is -0.776. The predicted octanol–water partition coefficient (Wildman–Crippen LogP) is 3.03. The highest BCUT2D eigenvalue weighted by Gasteiger charge is 2.36. The molecule has 5 heteroatoms. The van der Waals surface area contributed by atoms with Crippen molar-refractivity contribution in [2.24, 2.45) is 0 Å². The summed E-state index contributed by atoms with van der Waals surface area (Å²) in [4.78, 5) is 28.7. The summed E-state index contributed by atoms with van der Waals surface area (Å²) in [5.74, 6) is -0.593. The molecule has 0 aromatic heterocycles. The van der Waals surface area contributed by atoms with Crippen molar-refractivity contribution in [2.75, 3.05) is 13.1 Å².